The third-order valence-electron chi connectivity index (χ3n) is 5.37. The molecule has 1 aliphatic carbocycles. The van der Waals surface area contributed by atoms with Gasteiger partial charge in [0.25, 0.3) is 0 Å². The van der Waals surface area contributed by atoms with E-state index in [4.69, 9.17) is 5.26 Å². The summed E-state index contributed by atoms with van der Waals surface area (Å²) in [4.78, 5) is 18.9. The van der Waals surface area contributed by atoms with Gasteiger partial charge in [-0.2, -0.15) is 5.26 Å². The average molecular weight is 351 g/mol. The summed E-state index contributed by atoms with van der Waals surface area (Å²) in [5.74, 6) is 0.909. The molecule has 3 heterocycles. The molecular weight excluding hydrogens is 330 g/mol. The zero-order valence-electron chi connectivity index (χ0n) is 14.6. The molecule has 0 unspecified atom stereocenters. The van der Waals surface area contributed by atoms with Gasteiger partial charge in [0.2, 0.25) is 5.91 Å². The first-order valence-corrected chi connectivity index (χ1v) is 8.91. The standard InChI is InChI=1S/C18H21N7O/c1-12-6-13(7-12)18(26)22-16-10-24(11-17(16)25-5-4-21-23-25)15-3-2-14(8-19)20-9-15/h2-5,9,12-13,16-17H,6-7,10-11H2,1H3,(H,22,26)/t12?,13?,16-,17+/m1/s1. The van der Waals surface area contributed by atoms with Crippen LogP contribution in [0.3, 0.4) is 0 Å². The SMILES string of the molecule is CC1CC(C(=O)N[C@@H]2CN(c3ccc(C#N)nc3)C[C@@H]2n2ccnn2)C1. The Labute approximate surface area is 151 Å². The molecule has 1 aliphatic heterocycles. The lowest BCUT2D eigenvalue weighted by molar-refractivity contribution is -0.129. The summed E-state index contributed by atoms with van der Waals surface area (Å²) in [5, 5.41) is 20.2. The number of carbonyl (C=O) groups excluding carboxylic acids is 1. The minimum absolute atomic E-state index is 0.00888. The lowest BCUT2D eigenvalue weighted by atomic mass is 9.75. The highest BCUT2D eigenvalue weighted by Crippen LogP contribution is 2.34. The molecule has 1 saturated heterocycles. The fraction of sp³-hybridized carbons (Fsp3) is 0.500. The van der Waals surface area contributed by atoms with Crippen LogP contribution in [0.5, 0.6) is 0 Å². The number of carbonyl (C=O) groups is 1. The number of pyridine rings is 1. The minimum atomic E-state index is -0.0456. The van der Waals surface area contributed by atoms with Crippen molar-refractivity contribution in [1.29, 1.82) is 5.26 Å². The number of nitriles is 1. The van der Waals surface area contributed by atoms with Crippen LogP contribution in [0.4, 0.5) is 5.69 Å². The smallest absolute Gasteiger partial charge is 0.223 e. The zero-order valence-corrected chi connectivity index (χ0v) is 14.6. The number of hydrogen-bond donors (Lipinski definition) is 1. The van der Waals surface area contributed by atoms with Crippen molar-refractivity contribution in [3.05, 3.63) is 36.4 Å². The Hall–Kier alpha value is -2.95. The van der Waals surface area contributed by atoms with Crippen molar-refractivity contribution in [1.82, 2.24) is 25.3 Å². The molecule has 1 N–H and O–H groups in total. The van der Waals surface area contributed by atoms with Crippen LogP contribution in [0.25, 0.3) is 0 Å². The normalized spacial score (nSPS) is 27.6. The van der Waals surface area contributed by atoms with Crippen LogP contribution in [0.1, 0.15) is 31.5 Å². The number of rotatable bonds is 4. The van der Waals surface area contributed by atoms with Crippen molar-refractivity contribution < 1.29 is 4.79 Å². The minimum Gasteiger partial charge on any atom is -0.366 e. The van der Waals surface area contributed by atoms with Crippen LogP contribution in [-0.4, -0.2) is 45.0 Å². The number of nitrogens with one attached hydrogen (secondary N) is 1. The third kappa shape index (κ3) is 3.12. The van der Waals surface area contributed by atoms with Crippen LogP contribution in [0.15, 0.2) is 30.7 Å². The Morgan fingerprint density at radius 2 is 2.19 bits per heavy atom. The second kappa shape index (κ2) is 6.75. The van der Waals surface area contributed by atoms with Crippen molar-refractivity contribution in [2.75, 3.05) is 18.0 Å². The monoisotopic (exact) mass is 351 g/mol. The molecule has 2 fully saturated rings. The van der Waals surface area contributed by atoms with E-state index in [0.29, 0.717) is 24.7 Å². The van der Waals surface area contributed by atoms with Crippen molar-refractivity contribution in [2.24, 2.45) is 11.8 Å². The molecule has 0 spiro atoms. The molecule has 0 bridgehead atoms. The van der Waals surface area contributed by atoms with Gasteiger partial charge in [0, 0.05) is 25.2 Å². The van der Waals surface area contributed by atoms with E-state index in [0.717, 1.165) is 18.5 Å². The Bertz CT molecular complexity index is 805. The quantitative estimate of drug-likeness (QED) is 0.886. The summed E-state index contributed by atoms with van der Waals surface area (Å²) >= 11 is 0. The molecule has 1 amide bonds. The van der Waals surface area contributed by atoms with Gasteiger partial charge in [0.15, 0.2) is 0 Å². The van der Waals surface area contributed by atoms with Gasteiger partial charge in [-0.25, -0.2) is 9.67 Å². The zero-order chi connectivity index (χ0) is 18.1. The van der Waals surface area contributed by atoms with Crippen LogP contribution >= 0.6 is 0 Å². The van der Waals surface area contributed by atoms with Crippen molar-refractivity contribution in [3.8, 4) is 6.07 Å². The highest BCUT2D eigenvalue weighted by molar-refractivity contribution is 5.80. The molecule has 2 aliphatic rings. The molecule has 2 aromatic heterocycles. The van der Waals surface area contributed by atoms with Gasteiger partial charge in [-0.15, -0.1) is 5.10 Å². The van der Waals surface area contributed by atoms with Crippen molar-refractivity contribution >= 4 is 11.6 Å². The molecule has 0 radical (unpaired) electrons. The van der Waals surface area contributed by atoms with E-state index in [1.807, 2.05) is 23.0 Å². The van der Waals surface area contributed by atoms with Gasteiger partial charge in [-0.05, 0) is 30.9 Å². The van der Waals surface area contributed by atoms with E-state index >= 15 is 0 Å². The molecular formula is C18H21N7O. The van der Waals surface area contributed by atoms with Gasteiger partial charge in [0.05, 0.1) is 30.2 Å². The molecule has 8 heteroatoms. The Kier molecular flexibility index (Phi) is 4.29. The first kappa shape index (κ1) is 16.5. The van der Waals surface area contributed by atoms with Crippen LogP contribution < -0.4 is 10.2 Å². The summed E-state index contributed by atoms with van der Waals surface area (Å²) in [7, 11) is 0. The van der Waals surface area contributed by atoms with Crippen molar-refractivity contribution in [3.63, 3.8) is 0 Å². The molecule has 2 atom stereocenters. The number of aromatic nitrogens is 4. The number of amides is 1. The van der Waals surface area contributed by atoms with Crippen LogP contribution in [0, 0.1) is 23.2 Å². The highest BCUT2D eigenvalue weighted by atomic mass is 16.2. The molecule has 4 rings (SSSR count). The molecule has 8 nitrogen and oxygen atoms in total. The number of hydrogen-bond acceptors (Lipinski definition) is 6. The summed E-state index contributed by atoms with van der Waals surface area (Å²) in [6.45, 7) is 3.55. The highest BCUT2D eigenvalue weighted by Gasteiger charge is 2.39. The predicted octanol–water partition coefficient (Wildman–Crippen LogP) is 1.14. The van der Waals surface area contributed by atoms with Crippen LogP contribution in [-0.2, 0) is 4.79 Å². The first-order valence-electron chi connectivity index (χ1n) is 8.91. The van der Waals surface area contributed by atoms with E-state index in [1.165, 1.54) is 0 Å². The fourth-order valence-electron chi connectivity index (χ4n) is 3.86. The largest absolute Gasteiger partial charge is 0.366 e. The van der Waals surface area contributed by atoms with Crippen LogP contribution in [0.2, 0.25) is 0 Å². The van der Waals surface area contributed by atoms with E-state index in [2.05, 4.69) is 32.4 Å². The average Bonchev–Trinajstić information content (AvgIpc) is 3.28. The number of nitrogens with zero attached hydrogens (tertiary/aromatic N) is 6. The summed E-state index contributed by atoms with van der Waals surface area (Å²) in [6, 6.07) is 5.59. The van der Waals surface area contributed by atoms with E-state index in [-0.39, 0.29) is 23.9 Å². The molecule has 0 aromatic carbocycles. The maximum Gasteiger partial charge on any atom is 0.223 e. The lowest BCUT2D eigenvalue weighted by Gasteiger charge is -2.33. The molecule has 1 saturated carbocycles. The summed E-state index contributed by atoms with van der Waals surface area (Å²) in [5.41, 5.74) is 1.33. The third-order valence-corrected chi connectivity index (χ3v) is 5.37. The van der Waals surface area contributed by atoms with E-state index in [9.17, 15) is 4.79 Å². The van der Waals surface area contributed by atoms with E-state index in [1.54, 1.807) is 18.5 Å². The Balaban J connectivity index is 1.50. The van der Waals surface area contributed by atoms with Gasteiger partial charge in [-0.1, -0.05) is 12.1 Å². The molecule has 134 valence electrons. The first-order chi connectivity index (χ1) is 12.6. The Morgan fingerprint density at radius 3 is 2.81 bits per heavy atom. The Morgan fingerprint density at radius 1 is 1.35 bits per heavy atom. The second-order valence-corrected chi connectivity index (χ2v) is 7.26. The van der Waals surface area contributed by atoms with Gasteiger partial charge in [-0.3, -0.25) is 4.79 Å². The van der Waals surface area contributed by atoms with Gasteiger partial charge in [0.1, 0.15) is 11.8 Å². The summed E-state index contributed by atoms with van der Waals surface area (Å²) in [6.07, 6.45) is 7.12. The molecule has 2 aromatic rings. The molecule has 26 heavy (non-hydrogen) atoms. The summed E-state index contributed by atoms with van der Waals surface area (Å²) < 4.78 is 1.81. The maximum atomic E-state index is 12.5. The fourth-order valence-corrected chi connectivity index (χ4v) is 3.86. The van der Waals surface area contributed by atoms with Gasteiger partial charge < -0.3 is 10.2 Å². The lowest BCUT2D eigenvalue weighted by Crippen LogP contribution is -2.46. The van der Waals surface area contributed by atoms with Crippen molar-refractivity contribution in [2.45, 2.75) is 31.8 Å². The van der Waals surface area contributed by atoms with Gasteiger partial charge >= 0.3 is 0 Å². The van der Waals surface area contributed by atoms with E-state index < -0.39 is 0 Å². The topological polar surface area (TPSA) is 99.7 Å². The maximum absolute atomic E-state index is 12.5. The second-order valence-electron chi connectivity index (χ2n) is 7.26. The number of anilines is 1. The predicted molar refractivity (Wildman–Crippen MR) is 94.0 cm³/mol.